The second-order valence-electron chi connectivity index (χ2n) is 5.50. The van der Waals surface area contributed by atoms with E-state index in [1.165, 1.54) is 0 Å². The molecule has 4 heteroatoms. The Bertz CT molecular complexity index is 468. The van der Waals surface area contributed by atoms with E-state index in [2.05, 4.69) is 28.2 Å². The molecule has 20 heavy (non-hydrogen) atoms. The molecule has 0 bridgehead atoms. The number of amides is 1. The largest absolute Gasteiger partial charge is 0.339 e. The average molecular weight is 339 g/mol. The second-order valence-corrected chi connectivity index (χ2v) is 6.42. The van der Waals surface area contributed by atoms with Crippen LogP contribution in [0.5, 0.6) is 0 Å². The van der Waals surface area contributed by atoms with E-state index in [4.69, 9.17) is 0 Å². The number of piperidine rings is 1. The van der Waals surface area contributed by atoms with Gasteiger partial charge in [0.05, 0.1) is 0 Å². The molecule has 0 saturated carbocycles. The highest BCUT2D eigenvalue weighted by Crippen LogP contribution is 2.22. The smallest absolute Gasteiger partial charge is 0.254 e. The monoisotopic (exact) mass is 338 g/mol. The van der Waals surface area contributed by atoms with Crippen molar-refractivity contribution in [3.63, 3.8) is 0 Å². The zero-order valence-corrected chi connectivity index (χ0v) is 13.9. The maximum Gasteiger partial charge on any atom is 0.254 e. The molecule has 1 aromatic carbocycles. The van der Waals surface area contributed by atoms with E-state index in [1.807, 2.05) is 30.0 Å². The minimum atomic E-state index is 0.172. The molecule has 1 aromatic rings. The normalized spacial score (nSPS) is 16.4. The van der Waals surface area contributed by atoms with Crippen LogP contribution in [-0.2, 0) is 0 Å². The van der Waals surface area contributed by atoms with Crippen molar-refractivity contribution in [3.8, 4) is 0 Å². The van der Waals surface area contributed by atoms with Crippen LogP contribution in [0, 0.1) is 12.8 Å². The van der Waals surface area contributed by atoms with Gasteiger partial charge in [0, 0.05) is 23.1 Å². The molecule has 110 valence electrons. The van der Waals surface area contributed by atoms with Crippen molar-refractivity contribution in [1.29, 1.82) is 0 Å². The third kappa shape index (κ3) is 3.83. The fourth-order valence-corrected chi connectivity index (χ4v) is 3.04. The fraction of sp³-hybridized carbons (Fsp3) is 0.562. The zero-order chi connectivity index (χ0) is 14.5. The van der Waals surface area contributed by atoms with Crippen molar-refractivity contribution in [3.05, 3.63) is 33.8 Å². The number of nitrogens with zero attached hydrogens (tertiary/aromatic N) is 1. The molecule has 1 N–H and O–H groups in total. The number of hydrogen-bond acceptors (Lipinski definition) is 2. The van der Waals surface area contributed by atoms with Gasteiger partial charge in [0.2, 0.25) is 0 Å². The lowest BCUT2D eigenvalue weighted by Gasteiger charge is -2.32. The molecule has 1 heterocycles. The summed E-state index contributed by atoms with van der Waals surface area (Å²) in [6.45, 7) is 7.98. The van der Waals surface area contributed by atoms with Crippen molar-refractivity contribution >= 4 is 21.8 Å². The maximum absolute atomic E-state index is 12.6. The molecule has 1 fully saturated rings. The SMILES string of the molecule is CCNCC1CCN(C(=O)c2cc(Br)ccc2C)CC1. The van der Waals surface area contributed by atoms with Gasteiger partial charge >= 0.3 is 0 Å². The summed E-state index contributed by atoms with van der Waals surface area (Å²) in [6, 6.07) is 5.91. The van der Waals surface area contributed by atoms with Gasteiger partial charge in [0.25, 0.3) is 5.91 Å². The highest BCUT2D eigenvalue weighted by Gasteiger charge is 2.24. The standard InChI is InChI=1S/C16H23BrN2O/c1-3-18-11-13-6-8-19(9-7-13)16(20)15-10-14(17)5-4-12(15)2/h4-5,10,13,18H,3,6-9,11H2,1-2H3. The van der Waals surface area contributed by atoms with Gasteiger partial charge in [-0.25, -0.2) is 0 Å². The number of carbonyl (C=O) groups excluding carboxylic acids is 1. The van der Waals surface area contributed by atoms with E-state index < -0.39 is 0 Å². The maximum atomic E-state index is 12.6. The summed E-state index contributed by atoms with van der Waals surface area (Å²) in [5, 5.41) is 3.40. The molecular weight excluding hydrogens is 316 g/mol. The Kier molecular flexibility index (Phi) is 5.61. The number of carbonyl (C=O) groups is 1. The Morgan fingerprint density at radius 1 is 1.40 bits per heavy atom. The average Bonchev–Trinajstić information content (AvgIpc) is 2.47. The lowest BCUT2D eigenvalue weighted by atomic mass is 9.96. The van der Waals surface area contributed by atoms with Crippen LogP contribution >= 0.6 is 15.9 Å². The van der Waals surface area contributed by atoms with Crippen LogP contribution in [0.15, 0.2) is 22.7 Å². The molecule has 1 amide bonds. The third-order valence-corrected chi connectivity index (χ3v) is 4.51. The molecule has 0 atom stereocenters. The molecule has 0 aromatic heterocycles. The van der Waals surface area contributed by atoms with Gasteiger partial charge in [-0.05, 0) is 56.5 Å². The Hall–Kier alpha value is -0.870. The number of rotatable bonds is 4. The third-order valence-electron chi connectivity index (χ3n) is 4.01. The molecule has 1 aliphatic rings. The molecule has 0 aliphatic carbocycles. The number of likely N-dealkylation sites (tertiary alicyclic amines) is 1. The summed E-state index contributed by atoms with van der Waals surface area (Å²) in [7, 11) is 0. The molecular formula is C16H23BrN2O. The summed E-state index contributed by atoms with van der Waals surface area (Å²) in [5.74, 6) is 0.883. The Morgan fingerprint density at radius 3 is 2.75 bits per heavy atom. The van der Waals surface area contributed by atoms with E-state index in [9.17, 15) is 4.79 Å². The lowest BCUT2D eigenvalue weighted by Crippen LogP contribution is -2.41. The first-order valence-electron chi connectivity index (χ1n) is 7.38. The number of aryl methyl sites for hydroxylation is 1. The van der Waals surface area contributed by atoms with Crippen molar-refractivity contribution in [2.75, 3.05) is 26.2 Å². The van der Waals surface area contributed by atoms with Crippen molar-refractivity contribution in [1.82, 2.24) is 10.2 Å². The summed E-state index contributed by atoms with van der Waals surface area (Å²) in [5.41, 5.74) is 1.87. The van der Waals surface area contributed by atoms with Crippen molar-refractivity contribution < 1.29 is 4.79 Å². The van der Waals surface area contributed by atoms with Crippen LogP contribution in [0.4, 0.5) is 0 Å². The summed E-state index contributed by atoms with van der Waals surface area (Å²) < 4.78 is 0.966. The molecule has 0 spiro atoms. The van der Waals surface area contributed by atoms with Gasteiger partial charge < -0.3 is 10.2 Å². The molecule has 3 nitrogen and oxygen atoms in total. The van der Waals surface area contributed by atoms with Crippen LogP contribution in [0.25, 0.3) is 0 Å². The summed E-state index contributed by atoms with van der Waals surface area (Å²) in [4.78, 5) is 14.6. The lowest BCUT2D eigenvalue weighted by molar-refractivity contribution is 0.0689. The number of halogens is 1. The van der Waals surface area contributed by atoms with Gasteiger partial charge in [0.15, 0.2) is 0 Å². The fourth-order valence-electron chi connectivity index (χ4n) is 2.68. The van der Waals surface area contributed by atoms with E-state index >= 15 is 0 Å². The predicted octanol–water partition coefficient (Wildman–Crippen LogP) is 3.22. The Labute approximate surface area is 129 Å². The topological polar surface area (TPSA) is 32.3 Å². The molecule has 1 saturated heterocycles. The van der Waals surface area contributed by atoms with Crippen molar-refractivity contribution in [2.45, 2.75) is 26.7 Å². The van der Waals surface area contributed by atoms with Crippen LogP contribution < -0.4 is 5.32 Å². The number of benzene rings is 1. The first-order chi connectivity index (χ1) is 9.61. The minimum Gasteiger partial charge on any atom is -0.339 e. The molecule has 2 rings (SSSR count). The first kappa shape index (κ1) is 15.5. The highest BCUT2D eigenvalue weighted by molar-refractivity contribution is 9.10. The number of hydrogen-bond donors (Lipinski definition) is 1. The predicted molar refractivity (Wildman–Crippen MR) is 86.1 cm³/mol. The zero-order valence-electron chi connectivity index (χ0n) is 12.3. The summed E-state index contributed by atoms with van der Waals surface area (Å²) >= 11 is 3.45. The van der Waals surface area contributed by atoms with Crippen molar-refractivity contribution in [2.24, 2.45) is 5.92 Å². The van der Waals surface area contributed by atoms with E-state index in [1.54, 1.807) is 0 Å². The minimum absolute atomic E-state index is 0.172. The van der Waals surface area contributed by atoms with Crippen LogP contribution in [0.1, 0.15) is 35.7 Å². The Balaban J connectivity index is 1.96. The quantitative estimate of drug-likeness (QED) is 0.914. The van der Waals surface area contributed by atoms with Crippen LogP contribution in [0.2, 0.25) is 0 Å². The molecule has 0 unspecified atom stereocenters. The van der Waals surface area contributed by atoms with E-state index in [-0.39, 0.29) is 5.91 Å². The first-order valence-corrected chi connectivity index (χ1v) is 8.17. The summed E-state index contributed by atoms with van der Waals surface area (Å²) in [6.07, 6.45) is 2.21. The highest BCUT2D eigenvalue weighted by atomic mass is 79.9. The van der Waals surface area contributed by atoms with Gasteiger partial charge in [0.1, 0.15) is 0 Å². The second kappa shape index (κ2) is 7.23. The number of nitrogens with one attached hydrogen (secondary N) is 1. The van der Waals surface area contributed by atoms with Gasteiger partial charge in [-0.2, -0.15) is 0 Å². The molecule has 0 radical (unpaired) electrons. The Morgan fingerprint density at radius 2 is 2.10 bits per heavy atom. The van der Waals surface area contributed by atoms with Gasteiger partial charge in [-0.1, -0.05) is 28.9 Å². The van der Waals surface area contributed by atoms with Crippen LogP contribution in [0.3, 0.4) is 0 Å². The van der Waals surface area contributed by atoms with Gasteiger partial charge in [-0.15, -0.1) is 0 Å². The van der Waals surface area contributed by atoms with E-state index in [0.29, 0.717) is 5.92 Å². The van der Waals surface area contributed by atoms with E-state index in [0.717, 1.165) is 54.6 Å². The van der Waals surface area contributed by atoms with Gasteiger partial charge in [-0.3, -0.25) is 4.79 Å². The van der Waals surface area contributed by atoms with Crippen LogP contribution in [-0.4, -0.2) is 37.0 Å². The molecule has 1 aliphatic heterocycles.